The molecule has 0 bridgehead atoms. The summed E-state index contributed by atoms with van der Waals surface area (Å²) in [5.41, 5.74) is 0.391. The third-order valence-corrected chi connectivity index (χ3v) is 3.44. The molecule has 0 spiro atoms. The van der Waals surface area contributed by atoms with Crippen LogP contribution in [0.15, 0.2) is 12.1 Å². The molecule has 0 saturated heterocycles. The van der Waals surface area contributed by atoms with Crippen LogP contribution in [0.4, 0.5) is 17.6 Å². The van der Waals surface area contributed by atoms with Gasteiger partial charge in [0.05, 0.1) is 17.8 Å². The topological polar surface area (TPSA) is 17.8 Å². The molecule has 1 heterocycles. The van der Waals surface area contributed by atoms with E-state index in [1.165, 1.54) is 10.6 Å². The van der Waals surface area contributed by atoms with Crippen molar-refractivity contribution in [3.63, 3.8) is 0 Å². The summed E-state index contributed by atoms with van der Waals surface area (Å²) in [6, 6.07) is 2.87. The summed E-state index contributed by atoms with van der Waals surface area (Å²) in [7, 11) is 0. The second-order valence-electron chi connectivity index (χ2n) is 3.93. The van der Waals surface area contributed by atoms with Crippen LogP contribution in [0.25, 0.3) is 11.0 Å². The van der Waals surface area contributed by atoms with Gasteiger partial charge in [-0.2, -0.15) is 13.2 Å². The van der Waals surface area contributed by atoms with Crippen LogP contribution >= 0.6 is 34.2 Å². The fraction of sp³-hybridized carbons (Fsp3) is 0.364. The number of halogens is 6. The monoisotopic (exact) mass is 406 g/mol. The van der Waals surface area contributed by atoms with Gasteiger partial charge < -0.3 is 4.57 Å². The lowest BCUT2D eigenvalue weighted by molar-refractivity contribution is -0.136. The number of rotatable bonds is 3. The number of aryl methyl sites for hydroxylation is 1. The summed E-state index contributed by atoms with van der Waals surface area (Å²) < 4.78 is 52.6. The van der Waals surface area contributed by atoms with Crippen LogP contribution in [0.5, 0.6) is 0 Å². The Morgan fingerprint density at radius 3 is 2.58 bits per heavy atom. The molecule has 0 saturated carbocycles. The molecule has 0 atom stereocenters. The normalized spacial score (nSPS) is 12.3. The maximum Gasteiger partial charge on any atom is 0.390 e. The van der Waals surface area contributed by atoms with Crippen molar-refractivity contribution >= 4 is 45.2 Å². The van der Waals surface area contributed by atoms with Crippen LogP contribution in [0.3, 0.4) is 0 Å². The Kier molecular flexibility index (Phi) is 4.24. The van der Waals surface area contributed by atoms with Gasteiger partial charge in [0.1, 0.15) is 17.2 Å². The number of hydrogen-bond donors (Lipinski definition) is 0. The summed E-state index contributed by atoms with van der Waals surface area (Å²) in [6.45, 7) is -0.389. The van der Waals surface area contributed by atoms with Crippen LogP contribution in [-0.4, -0.2) is 15.7 Å². The highest BCUT2D eigenvalue weighted by molar-refractivity contribution is 14.1. The fourth-order valence-corrected chi connectivity index (χ4v) is 2.59. The van der Waals surface area contributed by atoms with Gasteiger partial charge >= 0.3 is 6.18 Å². The Bertz CT molecular complexity index is 609. The molecule has 0 N–H and O–H groups in total. The number of aromatic nitrogens is 2. The maximum atomic E-state index is 13.9. The summed E-state index contributed by atoms with van der Waals surface area (Å²) in [5.74, 6) is -0.419. The van der Waals surface area contributed by atoms with Crippen molar-refractivity contribution in [2.75, 3.05) is 0 Å². The molecule has 1 aromatic heterocycles. The molecule has 0 radical (unpaired) electrons. The fourth-order valence-electron chi connectivity index (χ4n) is 1.81. The van der Waals surface area contributed by atoms with Crippen LogP contribution in [0.1, 0.15) is 12.2 Å². The molecule has 0 amide bonds. The van der Waals surface area contributed by atoms with Crippen molar-refractivity contribution in [2.45, 2.75) is 25.0 Å². The first kappa shape index (κ1) is 14.8. The minimum Gasteiger partial charge on any atom is -0.324 e. The molecule has 0 aliphatic heterocycles. The molecule has 0 unspecified atom stereocenters. The van der Waals surface area contributed by atoms with Gasteiger partial charge in [-0.15, -0.1) is 11.6 Å². The first-order valence-corrected chi connectivity index (χ1v) is 6.90. The Labute approximate surface area is 124 Å². The smallest absolute Gasteiger partial charge is 0.324 e. The van der Waals surface area contributed by atoms with Crippen LogP contribution < -0.4 is 0 Å². The predicted molar refractivity (Wildman–Crippen MR) is 72.6 cm³/mol. The Balaban J connectivity index is 2.51. The second kappa shape index (κ2) is 5.43. The number of nitrogens with zero attached hydrogens (tertiary/aromatic N) is 2. The highest BCUT2D eigenvalue weighted by Crippen LogP contribution is 2.26. The number of fused-ring (bicyclic) bond motifs is 1. The minimum absolute atomic E-state index is 0.0669. The van der Waals surface area contributed by atoms with Gasteiger partial charge in [0.15, 0.2) is 0 Å². The Morgan fingerprint density at radius 2 is 2.00 bits per heavy atom. The molecule has 19 heavy (non-hydrogen) atoms. The van der Waals surface area contributed by atoms with E-state index in [4.69, 9.17) is 11.6 Å². The molecular formula is C11H8ClF4IN2. The lowest BCUT2D eigenvalue weighted by atomic mass is 10.3. The van der Waals surface area contributed by atoms with E-state index >= 15 is 0 Å². The van der Waals surface area contributed by atoms with Crippen molar-refractivity contribution in [1.29, 1.82) is 0 Å². The zero-order chi connectivity index (χ0) is 14.2. The predicted octanol–water partition coefficient (Wildman–Crippen LogP) is 4.47. The van der Waals surface area contributed by atoms with Crippen molar-refractivity contribution in [3.05, 3.63) is 27.3 Å². The SMILES string of the molecule is Fc1cc(I)cc2nc(CCl)n(CCC(F)(F)F)c12. The zero-order valence-electron chi connectivity index (χ0n) is 9.44. The highest BCUT2D eigenvalue weighted by Gasteiger charge is 2.28. The van der Waals surface area contributed by atoms with E-state index in [1.807, 2.05) is 22.6 Å². The summed E-state index contributed by atoms with van der Waals surface area (Å²) >= 11 is 7.58. The third-order valence-electron chi connectivity index (χ3n) is 2.58. The largest absolute Gasteiger partial charge is 0.390 e. The zero-order valence-corrected chi connectivity index (χ0v) is 12.4. The van der Waals surface area contributed by atoms with Gasteiger partial charge in [-0.1, -0.05) is 0 Å². The van der Waals surface area contributed by atoms with Crippen LogP contribution in [-0.2, 0) is 12.4 Å². The van der Waals surface area contributed by atoms with Crippen molar-refractivity contribution in [2.24, 2.45) is 0 Å². The van der Waals surface area contributed by atoms with E-state index in [0.29, 0.717) is 9.09 Å². The maximum absolute atomic E-state index is 13.9. The molecule has 0 fully saturated rings. The molecule has 0 aliphatic rings. The molecule has 2 rings (SSSR count). The molecule has 0 aliphatic carbocycles. The van der Waals surface area contributed by atoms with Gasteiger partial charge in [-0.3, -0.25) is 0 Å². The van der Waals surface area contributed by atoms with Gasteiger partial charge in [0.25, 0.3) is 0 Å². The van der Waals surface area contributed by atoms with E-state index in [2.05, 4.69) is 4.98 Å². The number of imidazole rings is 1. The third kappa shape index (κ3) is 3.31. The van der Waals surface area contributed by atoms with Crippen LogP contribution in [0.2, 0.25) is 0 Å². The number of hydrogen-bond acceptors (Lipinski definition) is 1. The van der Waals surface area contributed by atoms with Crippen molar-refractivity contribution in [3.8, 4) is 0 Å². The molecule has 2 nitrogen and oxygen atoms in total. The Hall–Kier alpha value is -0.570. The first-order valence-electron chi connectivity index (χ1n) is 5.28. The van der Waals surface area contributed by atoms with Gasteiger partial charge in [-0.25, -0.2) is 9.37 Å². The van der Waals surface area contributed by atoms with Crippen LogP contribution in [0, 0.1) is 9.39 Å². The summed E-state index contributed by atoms with van der Waals surface area (Å²) in [5, 5.41) is 0. The van der Waals surface area contributed by atoms with E-state index in [-0.39, 0.29) is 23.8 Å². The van der Waals surface area contributed by atoms with E-state index in [0.717, 1.165) is 0 Å². The van der Waals surface area contributed by atoms with Gasteiger partial charge in [0, 0.05) is 10.1 Å². The Morgan fingerprint density at radius 1 is 1.32 bits per heavy atom. The summed E-state index contributed by atoms with van der Waals surface area (Å²) in [6.07, 6.45) is -5.35. The lowest BCUT2D eigenvalue weighted by Crippen LogP contribution is -2.14. The summed E-state index contributed by atoms with van der Waals surface area (Å²) in [4.78, 5) is 4.07. The second-order valence-corrected chi connectivity index (χ2v) is 5.45. The van der Waals surface area contributed by atoms with E-state index in [9.17, 15) is 17.6 Å². The number of benzene rings is 1. The average molecular weight is 407 g/mol. The molecule has 1 aromatic carbocycles. The van der Waals surface area contributed by atoms with E-state index in [1.54, 1.807) is 6.07 Å². The highest BCUT2D eigenvalue weighted by atomic mass is 127. The molecular weight excluding hydrogens is 398 g/mol. The average Bonchev–Trinajstić information content (AvgIpc) is 2.63. The molecule has 2 aromatic rings. The minimum atomic E-state index is -4.31. The molecule has 8 heteroatoms. The van der Waals surface area contributed by atoms with Crippen molar-refractivity contribution in [1.82, 2.24) is 9.55 Å². The van der Waals surface area contributed by atoms with Crippen molar-refractivity contribution < 1.29 is 17.6 Å². The lowest BCUT2D eigenvalue weighted by Gasteiger charge is -2.10. The standard InChI is InChI=1S/C11H8ClF4IN2/c12-5-9-18-8-4-6(17)3-7(13)10(8)19(9)2-1-11(14,15)16/h3-4H,1-2,5H2. The molecule has 104 valence electrons. The van der Waals surface area contributed by atoms with E-state index < -0.39 is 18.4 Å². The quantitative estimate of drug-likeness (QED) is 0.418. The number of alkyl halides is 4. The van der Waals surface area contributed by atoms with Gasteiger partial charge in [-0.05, 0) is 34.7 Å². The first-order chi connectivity index (χ1) is 8.81. The van der Waals surface area contributed by atoms with Gasteiger partial charge in [0.2, 0.25) is 0 Å².